The highest BCUT2D eigenvalue weighted by Crippen LogP contribution is 2.42. The molecule has 0 spiro atoms. The van der Waals surface area contributed by atoms with E-state index in [1.54, 1.807) is 19.2 Å². The number of phosphoric ester groups is 1. The van der Waals surface area contributed by atoms with Crippen molar-refractivity contribution >= 4 is 35.6 Å². The zero-order valence-corrected chi connectivity index (χ0v) is 23.4. The first kappa shape index (κ1) is 31.2. The number of fused-ring (bicyclic) bond motifs is 3. The lowest BCUT2D eigenvalue weighted by molar-refractivity contribution is 0.0140. The Morgan fingerprint density at radius 3 is 2.38 bits per heavy atom. The molecule has 4 N–H and O–H groups in total. The van der Waals surface area contributed by atoms with Crippen LogP contribution in [0.3, 0.4) is 0 Å². The summed E-state index contributed by atoms with van der Waals surface area (Å²) in [6.07, 6.45) is 2.78. The van der Waals surface area contributed by atoms with Gasteiger partial charge in [0.25, 0.3) is 0 Å². The van der Waals surface area contributed by atoms with Crippen molar-refractivity contribution in [3.05, 3.63) is 24.0 Å². The van der Waals surface area contributed by atoms with Gasteiger partial charge in [-0.2, -0.15) is 0 Å². The van der Waals surface area contributed by atoms with Crippen LogP contribution in [-0.4, -0.2) is 91.1 Å². The maximum Gasteiger partial charge on any atom is 0.472 e. The number of hydrogen-bond acceptors (Lipinski definition) is 11. The minimum atomic E-state index is -4.24. The summed E-state index contributed by atoms with van der Waals surface area (Å²) in [7, 11) is -2.65. The number of nitrogen functional groups attached to an aromatic ring is 1. The van der Waals surface area contributed by atoms with Gasteiger partial charge in [0.15, 0.2) is 5.82 Å². The van der Waals surface area contributed by atoms with Crippen molar-refractivity contribution in [1.29, 1.82) is 0 Å². The summed E-state index contributed by atoms with van der Waals surface area (Å²) in [4.78, 5) is 19.0. The van der Waals surface area contributed by atoms with Crippen LogP contribution in [0.5, 0.6) is 5.75 Å². The number of benzene rings is 1. The Bertz CT molecular complexity index is 1220. The molecule has 0 fully saturated rings. The molecule has 1 atom stereocenters. The summed E-state index contributed by atoms with van der Waals surface area (Å²) < 4.78 is 45.0. The molecule has 3 aromatic rings. The molecule has 218 valence electrons. The summed E-state index contributed by atoms with van der Waals surface area (Å²) >= 11 is 0. The van der Waals surface area contributed by atoms with Gasteiger partial charge in [-0.3, -0.25) is 9.05 Å². The van der Waals surface area contributed by atoms with Crippen LogP contribution in [-0.2, 0) is 40.8 Å². The van der Waals surface area contributed by atoms with Crippen LogP contribution in [0.15, 0.2) is 18.2 Å². The molecule has 0 bridgehead atoms. The molecule has 0 radical (unpaired) electrons. The highest BCUT2D eigenvalue weighted by molar-refractivity contribution is 7.47. The Kier molecular flexibility index (Phi) is 12.8. The van der Waals surface area contributed by atoms with E-state index in [2.05, 4.69) is 11.9 Å². The number of aryl methyl sites for hydroxylation is 1. The molecule has 0 aliphatic rings. The molecule has 0 amide bonds. The van der Waals surface area contributed by atoms with Crippen molar-refractivity contribution in [3.63, 3.8) is 0 Å². The van der Waals surface area contributed by atoms with Crippen molar-refractivity contribution in [2.24, 2.45) is 0 Å². The Balaban J connectivity index is 1.51. The molecule has 2 aromatic heterocycles. The van der Waals surface area contributed by atoms with Gasteiger partial charge >= 0.3 is 7.82 Å². The molecular weight excluding hydrogens is 531 g/mol. The average molecular weight is 571 g/mol. The second-order valence-electron chi connectivity index (χ2n) is 8.58. The van der Waals surface area contributed by atoms with E-state index in [0.717, 1.165) is 36.0 Å². The largest absolute Gasteiger partial charge is 0.491 e. The minimum Gasteiger partial charge on any atom is -0.491 e. The smallest absolute Gasteiger partial charge is 0.472 e. The fourth-order valence-electron chi connectivity index (χ4n) is 3.92. The third kappa shape index (κ3) is 9.37. The molecule has 13 nitrogen and oxygen atoms in total. The average Bonchev–Trinajstić information content (AvgIpc) is 3.28. The third-order valence-electron chi connectivity index (χ3n) is 5.72. The molecule has 0 aliphatic heterocycles. The number of aliphatic hydroxyl groups excluding tert-OH is 1. The van der Waals surface area contributed by atoms with Crippen molar-refractivity contribution in [3.8, 4) is 5.75 Å². The van der Waals surface area contributed by atoms with Crippen LogP contribution in [0.2, 0.25) is 0 Å². The second-order valence-corrected chi connectivity index (χ2v) is 10.0. The molecule has 14 heteroatoms. The minimum absolute atomic E-state index is 0.00999. The van der Waals surface area contributed by atoms with E-state index in [1.807, 2.05) is 10.6 Å². The number of hydrogen-bond donors (Lipinski definition) is 3. The molecule has 1 aromatic carbocycles. The van der Waals surface area contributed by atoms with E-state index in [0.29, 0.717) is 55.6 Å². The number of nitrogens with two attached hydrogens (primary N) is 1. The number of rotatable bonds is 20. The van der Waals surface area contributed by atoms with Crippen molar-refractivity contribution in [1.82, 2.24) is 14.5 Å². The fourth-order valence-corrected chi connectivity index (χ4v) is 4.60. The van der Waals surface area contributed by atoms with Crippen LogP contribution in [0.1, 0.15) is 25.6 Å². The van der Waals surface area contributed by atoms with Crippen LogP contribution < -0.4 is 10.5 Å². The van der Waals surface area contributed by atoms with Crippen molar-refractivity contribution in [2.45, 2.75) is 32.7 Å². The second kappa shape index (κ2) is 16.0. The van der Waals surface area contributed by atoms with Gasteiger partial charge in [0.05, 0.1) is 63.9 Å². The Hall–Kier alpha value is -2.35. The zero-order valence-electron chi connectivity index (χ0n) is 22.5. The summed E-state index contributed by atoms with van der Waals surface area (Å²) in [5, 5.41) is 10.5. The lowest BCUT2D eigenvalue weighted by Crippen LogP contribution is -2.12. The number of pyridine rings is 1. The monoisotopic (exact) mass is 570 g/mol. The highest BCUT2D eigenvalue weighted by atomic mass is 31.2. The first-order chi connectivity index (χ1) is 18.9. The van der Waals surface area contributed by atoms with Gasteiger partial charge in [-0.25, -0.2) is 14.5 Å². The van der Waals surface area contributed by atoms with Gasteiger partial charge in [-0.05, 0) is 18.6 Å². The number of aromatic nitrogens is 3. The van der Waals surface area contributed by atoms with Gasteiger partial charge < -0.3 is 39.2 Å². The summed E-state index contributed by atoms with van der Waals surface area (Å²) in [6, 6.07) is 5.37. The van der Waals surface area contributed by atoms with Crippen LogP contribution in [0.25, 0.3) is 21.9 Å². The molecular formula is C25H39N4O9P. The van der Waals surface area contributed by atoms with Gasteiger partial charge in [0.1, 0.15) is 23.7 Å². The quantitative estimate of drug-likeness (QED) is 0.134. The van der Waals surface area contributed by atoms with E-state index >= 15 is 0 Å². The number of nitrogens with zero attached hydrogens (tertiary/aromatic N) is 3. The predicted molar refractivity (Wildman–Crippen MR) is 146 cm³/mol. The third-order valence-corrected chi connectivity index (χ3v) is 6.74. The number of ether oxygens (including phenoxy) is 4. The molecule has 3 rings (SSSR count). The van der Waals surface area contributed by atoms with Crippen LogP contribution in [0, 0.1) is 0 Å². The standard InChI is InChI=1S/C25H39N4O9P/c1-3-4-5-22-28-23-24(29(22)8-9-30)20-7-6-19(18-21(20)27-25(23)26)36-15-17-38-39(31,32)37-16-14-35-13-12-34-11-10-33-2/h6-7,18,30H,3-5,8-17H2,1-2H3,(H2,26,27)(H,31,32). The van der Waals surface area contributed by atoms with Crippen LogP contribution in [0.4, 0.5) is 5.82 Å². The number of imidazole rings is 1. The first-order valence-electron chi connectivity index (χ1n) is 13.0. The maximum atomic E-state index is 12.0. The van der Waals surface area contributed by atoms with E-state index in [1.165, 1.54) is 0 Å². The number of phosphoric acid groups is 1. The maximum absolute atomic E-state index is 12.0. The topological polar surface area (TPSA) is 170 Å². The molecule has 0 saturated heterocycles. The Labute approximate surface area is 227 Å². The number of methoxy groups -OCH3 is 1. The predicted octanol–water partition coefficient (Wildman–Crippen LogP) is 2.69. The summed E-state index contributed by atoms with van der Waals surface area (Å²) in [5.74, 6) is 1.66. The lowest BCUT2D eigenvalue weighted by atomic mass is 10.1. The summed E-state index contributed by atoms with van der Waals surface area (Å²) in [6.45, 7) is 4.06. The Morgan fingerprint density at radius 1 is 1.00 bits per heavy atom. The van der Waals surface area contributed by atoms with Crippen molar-refractivity contribution < 1.29 is 42.6 Å². The number of unbranched alkanes of at least 4 members (excludes halogenated alkanes) is 1. The van der Waals surface area contributed by atoms with Gasteiger partial charge in [0.2, 0.25) is 0 Å². The molecule has 0 aliphatic carbocycles. The zero-order chi connectivity index (χ0) is 28.1. The lowest BCUT2D eigenvalue weighted by Gasteiger charge is -2.13. The molecule has 0 saturated carbocycles. The van der Waals surface area contributed by atoms with Gasteiger partial charge in [0, 0.05) is 31.5 Å². The van der Waals surface area contributed by atoms with Gasteiger partial charge in [-0.15, -0.1) is 0 Å². The first-order valence-corrected chi connectivity index (χ1v) is 14.5. The van der Waals surface area contributed by atoms with E-state index in [4.69, 9.17) is 38.7 Å². The SMILES string of the molecule is CCCCc1nc2c(N)nc3cc(OCCOP(=O)(O)OCCOCCOCCOC)ccc3c2n1CCO. The molecule has 39 heavy (non-hydrogen) atoms. The fraction of sp³-hybridized carbons (Fsp3) is 0.600. The normalized spacial score (nSPS) is 13.3. The van der Waals surface area contributed by atoms with E-state index in [-0.39, 0.29) is 33.0 Å². The van der Waals surface area contributed by atoms with Gasteiger partial charge in [-0.1, -0.05) is 13.3 Å². The van der Waals surface area contributed by atoms with Crippen molar-refractivity contribution in [2.75, 3.05) is 72.3 Å². The highest BCUT2D eigenvalue weighted by Gasteiger charge is 2.21. The van der Waals surface area contributed by atoms with E-state index in [9.17, 15) is 14.6 Å². The number of aliphatic hydroxyl groups is 1. The van der Waals surface area contributed by atoms with Crippen LogP contribution >= 0.6 is 7.82 Å². The Morgan fingerprint density at radius 2 is 1.69 bits per heavy atom. The molecule has 2 heterocycles. The molecule has 1 unspecified atom stereocenters. The number of anilines is 1. The van der Waals surface area contributed by atoms with E-state index < -0.39 is 7.82 Å². The summed E-state index contributed by atoms with van der Waals surface area (Å²) in [5.41, 5.74) is 8.29.